The number of hydrogen-bond acceptors (Lipinski definition) is 2. The Labute approximate surface area is 48.0 Å². The molecule has 3 heteroatoms. The number of carboxylic acids is 1. The Morgan fingerprint density at radius 3 is 3.12 bits per heavy atom. The molecule has 0 saturated carbocycles. The molecule has 1 heterocycles. The van der Waals surface area contributed by atoms with Gasteiger partial charge in [-0.3, -0.25) is 0 Å². The van der Waals surface area contributed by atoms with Gasteiger partial charge in [-0.05, 0) is 6.08 Å². The van der Waals surface area contributed by atoms with E-state index in [2.05, 4.69) is 4.74 Å². The molecule has 1 aliphatic heterocycles. The van der Waals surface area contributed by atoms with Crippen LogP contribution in [0.4, 0.5) is 0 Å². The van der Waals surface area contributed by atoms with Crippen LogP contribution in [0.15, 0.2) is 12.1 Å². The van der Waals surface area contributed by atoms with Crippen molar-refractivity contribution in [3.8, 4) is 0 Å². The molecule has 8 heavy (non-hydrogen) atoms. The van der Waals surface area contributed by atoms with Crippen LogP contribution in [0.5, 0.6) is 0 Å². The van der Waals surface area contributed by atoms with E-state index in [4.69, 9.17) is 6.48 Å². The van der Waals surface area contributed by atoms with Crippen LogP contribution in [0.1, 0.15) is 1.37 Å². The molecule has 0 aromatic rings. The zero-order valence-corrected chi connectivity index (χ0v) is 4.13. The number of carboxylic acid groups (broad SMARTS) is 1. The van der Waals surface area contributed by atoms with E-state index >= 15 is 0 Å². The summed E-state index contributed by atoms with van der Waals surface area (Å²) in [5.41, 5.74) is 0. The Morgan fingerprint density at radius 2 is 2.88 bits per heavy atom. The number of hydrogen-bond donors (Lipinski definition) is 1. The third kappa shape index (κ3) is 0.869. The van der Waals surface area contributed by atoms with E-state index in [1.54, 1.807) is 0 Å². The van der Waals surface area contributed by atoms with Crippen molar-refractivity contribution < 1.29 is 16.0 Å². The Hall–Kier alpha value is -0.830. The van der Waals surface area contributed by atoms with Gasteiger partial charge in [0.25, 0.3) is 0 Å². The highest BCUT2D eigenvalue weighted by Gasteiger charge is 2.16. The SMILES string of the molecule is [2H]C1=CC(C(=O)O)OC1. The Kier molecular flexibility index (Phi) is 1.00. The van der Waals surface area contributed by atoms with Gasteiger partial charge in [-0.1, -0.05) is 6.05 Å². The number of rotatable bonds is 1. The molecule has 0 amide bonds. The van der Waals surface area contributed by atoms with Gasteiger partial charge in [0.05, 0.1) is 7.98 Å². The van der Waals surface area contributed by atoms with E-state index in [1.807, 2.05) is 0 Å². The van der Waals surface area contributed by atoms with Crippen LogP contribution in [0.25, 0.3) is 0 Å². The molecule has 0 aliphatic carbocycles. The van der Waals surface area contributed by atoms with Gasteiger partial charge in [-0.25, -0.2) is 4.79 Å². The van der Waals surface area contributed by atoms with Crippen LogP contribution in [0, 0.1) is 0 Å². The van der Waals surface area contributed by atoms with Crippen molar-refractivity contribution in [1.29, 1.82) is 0 Å². The van der Waals surface area contributed by atoms with Gasteiger partial charge in [-0.15, -0.1) is 0 Å². The highest BCUT2D eigenvalue weighted by molar-refractivity contribution is 5.75. The predicted molar refractivity (Wildman–Crippen MR) is 26.5 cm³/mol. The second-order valence-corrected chi connectivity index (χ2v) is 1.44. The molecule has 0 spiro atoms. The summed E-state index contributed by atoms with van der Waals surface area (Å²) in [5.74, 6) is -1.03. The van der Waals surface area contributed by atoms with E-state index in [9.17, 15) is 4.79 Å². The minimum absolute atomic E-state index is 0.122. The van der Waals surface area contributed by atoms with Crippen molar-refractivity contribution in [1.82, 2.24) is 0 Å². The summed E-state index contributed by atoms with van der Waals surface area (Å²) in [4.78, 5) is 10.1. The van der Waals surface area contributed by atoms with Gasteiger partial charge in [0.1, 0.15) is 0 Å². The van der Waals surface area contributed by atoms with Gasteiger partial charge >= 0.3 is 5.97 Å². The van der Waals surface area contributed by atoms with Crippen molar-refractivity contribution >= 4 is 5.97 Å². The Morgan fingerprint density at radius 1 is 2.12 bits per heavy atom. The first-order valence-electron chi connectivity index (χ1n) is 2.72. The molecule has 0 saturated heterocycles. The van der Waals surface area contributed by atoms with E-state index in [0.29, 0.717) is 0 Å². The Balaban J connectivity index is 2.57. The zero-order chi connectivity index (χ0) is 6.85. The van der Waals surface area contributed by atoms with Crippen molar-refractivity contribution in [2.75, 3.05) is 6.61 Å². The summed E-state index contributed by atoms with van der Waals surface area (Å²) in [7, 11) is 0. The van der Waals surface area contributed by atoms with Crippen molar-refractivity contribution in [2.45, 2.75) is 6.10 Å². The summed E-state index contributed by atoms with van der Waals surface area (Å²) >= 11 is 0. The van der Waals surface area contributed by atoms with Gasteiger partial charge in [0.15, 0.2) is 6.10 Å². The lowest BCUT2D eigenvalue weighted by Gasteiger charge is -1.97. The number of ether oxygens (including phenoxy) is 1. The largest absolute Gasteiger partial charge is 0.479 e. The minimum atomic E-state index is -1.03. The molecular formula is C5H6O3. The second-order valence-electron chi connectivity index (χ2n) is 1.44. The lowest BCUT2D eigenvalue weighted by Crippen LogP contribution is -2.17. The van der Waals surface area contributed by atoms with Crippen LogP contribution in [0.3, 0.4) is 0 Å². The lowest BCUT2D eigenvalue weighted by molar-refractivity contribution is -0.145. The average molecular weight is 115 g/mol. The minimum Gasteiger partial charge on any atom is -0.479 e. The van der Waals surface area contributed by atoms with Crippen molar-refractivity contribution in [3.05, 3.63) is 12.1 Å². The van der Waals surface area contributed by atoms with Crippen LogP contribution >= 0.6 is 0 Å². The van der Waals surface area contributed by atoms with Crippen LogP contribution in [-0.2, 0) is 9.53 Å². The molecule has 0 fully saturated rings. The predicted octanol–water partition coefficient (Wildman–Crippen LogP) is 0.0260. The molecule has 0 aromatic carbocycles. The summed E-state index contributed by atoms with van der Waals surface area (Å²) < 4.78 is 11.6. The first-order chi connectivity index (χ1) is 4.20. The summed E-state index contributed by atoms with van der Waals surface area (Å²) in [6.45, 7) is 0.122. The highest BCUT2D eigenvalue weighted by atomic mass is 16.5. The molecule has 1 unspecified atom stereocenters. The molecule has 3 nitrogen and oxygen atoms in total. The molecule has 1 aliphatic rings. The number of aliphatic carboxylic acids is 1. The molecule has 1 N–H and O–H groups in total. The average Bonchev–Trinajstić information content (AvgIpc) is 2.14. The van der Waals surface area contributed by atoms with Gasteiger partial charge in [0, 0.05) is 0 Å². The van der Waals surface area contributed by atoms with Crippen LogP contribution < -0.4 is 0 Å². The monoisotopic (exact) mass is 115 g/mol. The van der Waals surface area contributed by atoms with Crippen LogP contribution in [-0.4, -0.2) is 23.8 Å². The zero-order valence-electron chi connectivity index (χ0n) is 5.13. The topological polar surface area (TPSA) is 46.5 Å². The van der Waals surface area contributed by atoms with Gasteiger partial charge < -0.3 is 9.84 Å². The van der Waals surface area contributed by atoms with Crippen molar-refractivity contribution in [3.63, 3.8) is 0 Å². The van der Waals surface area contributed by atoms with E-state index in [-0.39, 0.29) is 12.7 Å². The molecule has 1 atom stereocenters. The molecule has 44 valence electrons. The first kappa shape index (κ1) is 4.09. The Bertz CT molecular complexity index is 164. The maximum Gasteiger partial charge on any atom is 0.336 e. The first-order valence-corrected chi connectivity index (χ1v) is 2.22. The standard InChI is InChI=1S/C5H6O3/c6-5(7)4-2-1-3-8-4/h1-2,4H,3H2,(H,6,7)/i1D. The fraction of sp³-hybridized carbons (Fsp3) is 0.400. The molecule has 0 aromatic heterocycles. The van der Waals surface area contributed by atoms with Gasteiger partial charge in [0.2, 0.25) is 0 Å². The van der Waals surface area contributed by atoms with E-state index in [0.717, 1.165) is 0 Å². The maximum absolute atomic E-state index is 10.1. The highest BCUT2D eigenvalue weighted by Crippen LogP contribution is 2.01. The lowest BCUT2D eigenvalue weighted by atomic mass is 10.4. The fourth-order valence-electron chi connectivity index (χ4n) is 0.484. The third-order valence-corrected chi connectivity index (χ3v) is 0.859. The van der Waals surface area contributed by atoms with Gasteiger partial charge in [-0.2, -0.15) is 0 Å². The summed E-state index contributed by atoms with van der Waals surface area (Å²) in [6, 6.07) is 0.238. The number of carbonyl (C=O) groups is 1. The fourth-order valence-corrected chi connectivity index (χ4v) is 0.484. The molecule has 0 radical (unpaired) electrons. The maximum atomic E-state index is 10.1. The normalized spacial score (nSPS) is 29.2. The third-order valence-electron chi connectivity index (χ3n) is 0.859. The second kappa shape index (κ2) is 1.96. The van der Waals surface area contributed by atoms with E-state index in [1.165, 1.54) is 6.08 Å². The smallest absolute Gasteiger partial charge is 0.336 e. The van der Waals surface area contributed by atoms with E-state index < -0.39 is 12.1 Å². The summed E-state index contributed by atoms with van der Waals surface area (Å²) in [5, 5.41) is 8.28. The van der Waals surface area contributed by atoms with Crippen molar-refractivity contribution in [2.24, 2.45) is 0 Å². The molecular weight excluding hydrogens is 108 g/mol. The molecule has 0 bridgehead atoms. The quantitative estimate of drug-likeness (QED) is 0.490. The summed E-state index contributed by atoms with van der Waals surface area (Å²) in [6.07, 6.45) is 0.389. The van der Waals surface area contributed by atoms with Crippen LogP contribution in [0.2, 0.25) is 0 Å². The molecule has 1 rings (SSSR count).